The first kappa shape index (κ1) is 8.25. The molecule has 3 fully saturated rings. The standard InChI is InChI=1S/C11H19NO/c13-11-8-2-1-3-9(11)7-12(6-8)10-4-5-10/h8-11,13H,1-7H2/t8-,9+,11?. The number of fused-ring (bicyclic) bond motifs is 2. The third kappa shape index (κ3) is 1.40. The maximum absolute atomic E-state index is 9.98. The first-order valence-electron chi connectivity index (χ1n) is 5.77. The molecule has 13 heavy (non-hydrogen) atoms. The van der Waals surface area contributed by atoms with E-state index < -0.39 is 0 Å². The lowest BCUT2D eigenvalue weighted by Crippen LogP contribution is -2.52. The Labute approximate surface area is 79.9 Å². The van der Waals surface area contributed by atoms with Gasteiger partial charge in [-0.2, -0.15) is 0 Å². The van der Waals surface area contributed by atoms with Crippen molar-refractivity contribution in [3.05, 3.63) is 0 Å². The molecule has 74 valence electrons. The summed E-state index contributed by atoms with van der Waals surface area (Å²) in [7, 11) is 0. The van der Waals surface area contributed by atoms with Crippen LogP contribution in [0.25, 0.3) is 0 Å². The Kier molecular flexibility index (Phi) is 1.88. The van der Waals surface area contributed by atoms with Gasteiger partial charge in [0, 0.05) is 19.1 Å². The van der Waals surface area contributed by atoms with Crippen LogP contribution >= 0.6 is 0 Å². The first-order chi connectivity index (χ1) is 6.34. The molecule has 0 spiro atoms. The van der Waals surface area contributed by atoms with Gasteiger partial charge in [-0.25, -0.2) is 0 Å². The molecule has 3 aliphatic rings. The summed E-state index contributed by atoms with van der Waals surface area (Å²) in [6, 6.07) is 0.899. The van der Waals surface area contributed by atoms with Crippen molar-refractivity contribution in [2.24, 2.45) is 11.8 Å². The van der Waals surface area contributed by atoms with Gasteiger partial charge in [-0.1, -0.05) is 6.42 Å². The van der Waals surface area contributed by atoms with Crippen LogP contribution in [-0.4, -0.2) is 35.2 Å². The maximum atomic E-state index is 9.98. The summed E-state index contributed by atoms with van der Waals surface area (Å²) >= 11 is 0. The molecule has 0 aromatic heterocycles. The normalized spacial score (nSPS) is 46.4. The Morgan fingerprint density at radius 1 is 0.923 bits per heavy atom. The van der Waals surface area contributed by atoms with Gasteiger partial charge in [-0.05, 0) is 37.5 Å². The summed E-state index contributed by atoms with van der Waals surface area (Å²) < 4.78 is 0. The van der Waals surface area contributed by atoms with Crippen molar-refractivity contribution in [2.75, 3.05) is 13.1 Å². The number of piperidine rings is 1. The number of likely N-dealkylation sites (tertiary alicyclic amines) is 1. The number of hydrogen-bond donors (Lipinski definition) is 1. The Morgan fingerprint density at radius 2 is 1.54 bits per heavy atom. The van der Waals surface area contributed by atoms with E-state index in [1.165, 1.54) is 45.2 Å². The van der Waals surface area contributed by atoms with Crippen LogP contribution in [0, 0.1) is 11.8 Å². The molecule has 1 unspecified atom stereocenters. The third-order valence-electron chi connectivity index (χ3n) is 4.12. The molecule has 1 heterocycles. The van der Waals surface area contributed by atoms with Crippen LogP contribution in [0.3, 0.4) is 0 Å². The second-order valence-electron chi connectivity index (χ2n) is 5.13. The van der Waals surface area contributed by atoms with E-state index in [1.807, 2.05) is 0 Å². The van der Waals surface area contributed by atoms with Crippen molar-refractivity contribution in [3.8, 4) is 0 Å². The van der Waals surface area contributed by atoms with Crippen LogP contribution < -0.4 is 0 Å². The van der Waals surface area contributed by atoms with E-state index >= 15 is 0 Å². The Hall–Kier alpha value is -0.0800. The molecule has 0 aromatic rings. The third-order valence-corrected chi connectivity index (χ3v) is 4.12. The van der Waals surface area contributed by atoms with Gasteiger partial charge in [-0.3, -0.25) is 4.90 Å². The van der Waals surface area contributed by atoms with Crippen molar-refractivity contribution in [1.29, 1.82) is 0 Å². The quantitative estimate of drug-likeness (QED) is 0.658. The maximum Gasteiger partial charge on any atom is 0.0620 e. The highest BCUT2D eigenvalue weighted by molar-refractivity contribution is 4.95. The molecule has 0 amide bonds. The van der Waals surface area contributed by atoms with Gasteiger partial charge in [-0.15, -0.1) is 0 Å². The number of aliphatic hydroxyl groups excluding tert-OH is 1. The van der Waals surface area contributed by atoms with Crippen LogP contribution in [0.4, 0.5) is 0 Å². The van der Waals surface area contributed by atoms with Crippen molar-refractivity contribution in [1.82, 2.24) is 4.90 Å². The fourth-order valence-corrected chi connectivity index (χ4v) is 3.18. The van der Waals surface area contributed by atoms with Crippen LogP contribution in [0.5, 0.6) is 0 Å². The van der Waals surface area contributed by atoms with Gasteiger partial charge in [0.1, 0.15) is 0 Å². The fraction of sp³-hybridized carbons (Fsp3) is 1.00. The van der Waals surface area contributed by atoms with Crippen molar-refractivity contribution in [2.45, 2.75) is 44.2 Å². The zero-order chi connectivity index (χ0) is 8.84. The molecular weight excluding hydrogens is 162 g/mol. The number of aliphatic hydroxyl groups is 1. The Balaban J connectivity index is 1.72. The highest BCUT2D eigenvalue weighted by atomic mass is 16.3. The Bertz CT molecular complexity index is 188. The molecule has 1 aliphatic heterocycles. The van der Waals surface area contributed by atoms with Crippen LogP contribution in [0.15, 0.2) is 0 Å². The number of hydrogen-bond acceptors (Lipinski definition) is 2. The lowest BCUT2D eigenvalue weighted by Gasteiger charge is -2.45. The number of nitrogens with zero attached hydrogens (tertiary/aromatic N) is 1. The number of rotatable bonds is 1. The summed E-state index contributed by atoms with van der Waals surface area (Å²) in [4.78, 5) is 2.64. The van der Waals surface area contributed by atoms with E-state index in [2.05, 4.69) is 4.90 Å². The summed E-state index contributed by atoms with van der Waals surface area (Å²) in [5.41, 5.74) is 0. The SMILES string of the molecule is OC1[C@@H]2CCC[C@H]1CN(C1CC1)C2. The molecule has 2 nitrogen and oxygen atoms in total. The first-order valence-corrected chi connectivity index (χ1v) is 5.77. The Morgan fingerprint density at radius 3 is 2.08 bits per heavy atom. The lowest BCUT2D eigenvalue weighted by molar-refractivity contribution is -0.0516. The predicted octanol–water partition coefficient (Wildman–Crippen LogP) is 1.24. The lowest BCUT2D eigenvalue weighted by atomic mass is 9.75. The van der Waals surface area contributed by atoms with Crippen LogP contribution in [0.1, 0.15) is 32.1 Å². The summed E-state index contributed by atoms with van der Waals surface area (Å²) in [6.07, 6.45) is 6.74. The van der Waals surface area contributed by atoms with Gasteiger partial charge in [0.2, 0.25) is 0 Å². The smallest absolute Gasteiger partial charge is 0.0620 e. The van der Waals surface area contributed by atoms with E-state index in [-0.39, 0.29) is 6.10 Å². The van der Waals surface area contributed by atoms with Crippen molar-refractivity contribution >= 4 is 0 Å². The van der Waals surface area contributed by atoms with Gasteiger partial charge in [0.05, 0.1) is 6.10 Å². The fourth-order valence-electron chi connectivity index (χ4n) is 3.18. The average Bonchev–Trinajstić information content (AvgIpc) is 2.85. The monoisotopic (exact) mass is 181 g/mol. The second kappa shape index (κ2) is 2.96. The largest absolute Gasteiger partial charge is 0.392 e. The van der Waals surface area contributed by atoms with Crippen LogP contribution in [0.2, 0.25) is 0 Å². The molecule has 2 aliphatic carbocycles. The van der Waals surface area contributed by atoms with E-state index in [1.54, 1.807) is 0 Å². The molecule has 0 radical (unpaired) electrons. The zero-order valence-corrected chi connectivity index (χ0v) is 8.15. The molecule has 1 N–H and O–H groups in total. The summed E-state index contributed by atoms with van der Waals surface area (Å²) in [6.45, 7) is 2.37. The minimum Gasteiger partial charge on any atom is -0.392 e. The highest BCUT2D eigenvalue weighted by Crippen LogP contribution is 2.39. The molecular formula is C11H19NO. The van der Waals surface area contributed by atoms with E-state index in [4.69, 9.17) is 0 Å². The van der Waals surface area contributed by atoms with Gasteiger partial charge in [0.25, 0.3) is 0 Å². The topological polar surface area (TPSA) is 23.5 Å². The molecule has 3 rings (SSSR count). The molecule has 2 bridgehead atoms. The van der Waals surface area contributed by atoms with Crippen LogP contribution in [-0.2, 0) is 0 Å². The van der Waals surface area contributed by atoms with Gasteiger partial charge >= 0.3 is 0 Å². The molecule has 1 saturated heterocycles. The summed E-state index contributed by atoms with van der Waals surface area (Å²) in [5.74, 6) is 1.21. The molecule has 2 heteroatoms. The average molecular weight is 181 g/mol. The zero-order valence-electron chi connectivity index (χ0n) is 8.15. The van der Waals surface area contributed by atoms with E-state index in [0.29, 0.717) is 11.8 Å². The van der Waals surface area contributed by atoms with E-state index in [9.17, 15) is 5.11 Å². The van der Waals surface area contributed by atoms with Crippen molar-refractivity contribution < 1.29 is 5.11 Å². The van der Waals surface area contributed by atoms with Crippen molar-refractivity contribution in [3.63, 3.8) is 0 Å². The van der Waals surface area contributed by atoms with Gasteiger partial charge < -0.3 is 5.11 Å². The van der Waals surface area contributed by atoms with E-state index in [0.717, 1.165) is 6.04 Å². The molecule has 2 saturated carbocycles. The minimum absolute atomic E-state index is 0.0312. The molecule has 3 atom stereocenters. The molecule has 0 aromatic carbocycles. The predicted molar refractivity (Wildman–Crippen MR) is 51.4 cm³/mol. The minimum atomic E-state index is 0.0312. The van der Waals surface area contributed by atoms with Gasteiger partial charge in [0.15, 0.2) is 0 Å². The summed E-state index contributed by atoms with van der Waals surface area (Å²) in [5, 5.41) is 9.98. The highest BCUT2D eigenvalue weighted by Gasteiger charge is 2.42. The second-order valence-corrected chi connectivity index (χ2v) is 5.13.